The summed E-state index contributed by atoms with van der Waals surface area (Å²) in [6.07, 6.45) is 7.43. The Morgan fingerprint density at radius 3 is 2.90 bits per heavy atom. The molecule has 1 N–H and O–H groups in total. The maximum Gasteiger partial charge on any atom is 0.311 e. The van der Waals surface area contributed by atoms with Crippen LogP contribution in [-0.4, -0.2) is 35.1 Å². The number of carbonyl (C=O) groups excluding carboxylic acids is 1. The number of ether oxygens (including phenoxy) is 1. The van der Waals surface area contributed by atoms with Gasteiger partial charge in [0.1, 0.15) is 0 Å². The monoisotopic (exact) mass is 314 g/mol. The zero-order valence-corrected chi connectivity index (χ0v) is 13.7. The summed E-state index contributed by atoms with van der Waals surface area (Å²) < 4.78 is 4.93. The minimum Gasteiger partial charge on any atom is -0.466 e. The molecule has 112 valence electrons. The van der Waals surface area contributed by atoms with Crippen LogP contribution in [0.5, 0.6) is 0 Å². The summed E-state index contributed by atoms with van der Waals surface area (Å²) in [5.41, 5.74) is 0.800. The Balaban J connectivity index is 1.79. The Bertz CT molecular complexity index is 429. The minimum absolute atomic E-state index is 0.204. The van der Waals surface area contributed by atoms with Crippen LogP contribution in [0.3, 0.4) is 0 Å². The van der Waals surface area contributed by atoms with Gasteiger partial charge in [0.05, 0.1) is 18.7 Å². The Labute approximate surface area is 128 Å². The fourth-order valence-electron chi connectivity index (χ4n) is 2.43. The molecule has 0 saturated heterocycles. The lowest BCUT2D eigenvalue weighted by molar-refractivity contribution is -0.142. The van der Waals surface area contributed by atoms with Crippen molar-refractivity contribution in [2.45, 2.75) is 50.3 Å². The molecule has 6 heteroatoms. The van der Waals surface area contributed by atoms with Crippen molar-refractivity contribution < 1.29 is 9.53 Å². The molecule has 1 aliphatic carbocycles. The second-order valence-electron chi connectivity index (χ2n) is 4.98. The van der Waals surface area contributed by atoms with Crippen LogP contribution >= 0.6 is 23.1 Å². The van der Waals surface area contributed by atoms with Gasteiger partial charge in [0.15, 0.2) is 5.13 Å². The van der Waals surface area contributed by atoms with Crippen LogP contribution in [-0.2, 0) is 16.0 Å². The molecule has 0 spiro atoms. The standard InChI is InChI=1S/C14H22N2O2S2/c1-3-18-13(17)8-11-9-20-14(16-11)15-10-4-6-12(19-2)7-5-10/h9-10,12H,3-8H2,1-2H3,(H,15,16). The largest absolute Gasteiger partial charge is 0.466 e. The van der Waals surface area contributed by atoms with E-state index in [1.165, 1.54) is 25.7 Å². The molecule has 1 aromatic heterocycles. The zero-order chi connectivity index (χ0) is 14.4. The molecule has 1 aromatic rings. The van der Waals surface area contributed by atoms with Gasteiger partial charge in [-0.05, 0) is 38.9 Å². The van der Waals surface area contributed by atoms with Crippen molar-refractivity contribution >= 4 is 34.2 Å². The minimum atomic E-state index is -0.204. The van der Waals surface area contributed by atoms with E-state index in [-0.39, 0.29) is 12.4 Å². The van der Waals surface area contributed by atoms with Gasteiger partial charge < -0.3 is 10.1 Å². The molecular formula is C14H22N2O2S2. The molecule has 1 saturated carbocycles. The molecular weight excluding hydrogens is 292 g/mol. The molecule has 20 heavy (non-hydrogen) atoms. The zero-order valence-electron chi connectivity index (χ0n) is 12.1. The maximum atomic E-state index is 11.4. The fourth-order valence-corrected chi connectivity index (χ4v) is 3.96. The van der Waals surface area contributed by atoms with Crippen LogP contribution in [0.4, 0.5) is 5.13 Å². The van der Waals surface area contributed by atoms with Gasteiger partial charge in [-0.1, -0.05) is 0 Å². The highest BCUT2D eigenvalue weighted by Crippen LogP contribution is 2.29. The molecule has 0 bridgehead atoms. The van der Waals surface area contributed by atoms with Gasteiger partial charge in [0.2, 0.25) is 0 Å². The summed E-state index contributed by atoms with van der Waals surface area (Å²) in [5, 5.41) is 7.19. The highest BCUT2D eigenvalue weighted by molar-refractivity contribution is 7.99. The normalized spacial score (nSPS) is 22.5. The molecule has 2 rings (SSSR count). The van der Waals surface area contributed by atoms with Gasteiger partial charge in [-0.2, -0.15) is 11.8 Å². The first-order chi connectivity index (χ1) is 9.71. The molecule has 0 aromatic carbocycles. The average Bonchev–Trinajstić information content (AvgIpc) is 2.87. The van der Waals surface area contributed by atoms with Crippen LogP contribution < -0.4 is 5.32 Å². The molecule has 0 atom stereocenters. The van der Waals surface area contributed by atoms with E-state index in [0.717, 1.165) is 16.1 Å². The van der Waals surface area contributed by atoms with Gasteiger partial charge in [0.25, 0.3) is 0 Å². The van der Waals surface area contributed by atoms with Gasteiger partial charge in [-0.3, -0.25) is 4.79 Å². The van der Waals surface area contributed by atoms with Gasteiger partial charge in [0, 0.05) is 16.7 Å². The Hall–Kier alpha value is -0.750. The van der Waals surface area contributed by atoms with Crippen molar-refractivity contribution in [2.24, 2.45) is 0 Å². The topological polar surface area (TPSA) is 51.2 Å². The number of nitrogens with zero attached hydrogens (tertiary/aromatic N) is 1. The summed E-state index contributed by atoms with van der Waals surface area (Å²) in [6.45, 7) is 2.24. The molecule has 1 fully saturated rings. The highest BCUT2D eigenvalue weighted by atomic mass is 32.2. The summed E-state index contributed by atoms with van der Waals surface area (Å²) >= 11 is 3.55. The quantitative estimate of drug-likeness (QED) is 0.816. The number of carbonyl (C=O) groups is 1. The van der Waals surface area contributed by atoms with Crippen LogP contribution in [0.2, 0.25) is 0 Å². The Kier molecular flexibility index (Phi) is 6.16. The van der Waals surface area contributed by atoms with Gasteiger partial charge in [-0.15, -0.1) is 11.3 Å². The third-order valence-electron chi connectivity index (χ3n) is 3.52. The summed E-state index contributed by atoms with van der Waals surface area (Å²) in [5.74, 6) is -0.204. The third kappa shape index (κ3) is 4.66. The number of thiazole rings is 1. The molecule has 0 radical (unpaired) electrons. The molecule has 0 amide bonds. The predicted octanol–water partition coefficient (Wildman–Crippen LogP) is 3.33. The first kappa shape index (κ1) is 15.6. The van der Waals surface area contributed by atoms with E-state index in [2.05, 4.69) is 16.6 Å². The fraction of sp³-hybridized carbons (Fsp3) is 0.714. The highest BCUT2D eigenvalue weighted by Gasteiger charge is 2.21. The van der Waals surface area contributed by atoms with Crippen molar-refractivity contribution in [1.82, 2.24) is 4.98 Å². The van der Waals surface area contributed by atoms with E-state index in [1.54, 1.807) is 11.3 Å². The van der Waals surface area contributed by atoms with E-state index in [0.29, 0.717) is 12.6 Å². The van der Waals surface area contributed by atoms with E-state index in [9.17, 15) is 4.79 Å². The van der Waals surface area contributed by atoms with Crippen molar-refractivity contribution in [3.8, 4) is 0 Å². The number of anilines is 1. The molecule has 1 heterocycles. The van der Waals surface area contributed by atoms with Gasteiger partial charge in [-0.25, -0.2) is 4.98 Å². The lowest BCUT2D eigenvalue weighted by Crippen LogP contribution is -2.27. The number of hydrogen-bond acceptors (Lipinski definition) is 6. The number of esters is 1. The van der Waals surface area contributed by atoms with Crippen LogP contribution in [0.15, 0.2) is 5.38 Å². The van der Waals surface area contributed by atoms with Crippen LogP contribution in [0.1, 0.15) is 38.3 Å². The first-order valence-corrected chi connectivity index (χ1v) is 9.27. The average molecular weight is 314 g/mol. The first-order valence-electron chi connectivity index (χ1n) is 7.10. The Morgan fingerprint density at radius 2 is 2.25 bits per heavy atom. The van der Waals surface area contributed by atoms with Crippen molar-refractivity contribution in [3.63, 3.8) is 0 Å². The Morgan fingerprint density at radius 1 is 1.50 bits per heavy atom. The summed E-state index contributed by atoms with van der Waals surface area (Å²) in [6, 6.07) is 0.528. The van der Waals surface area contributed by atoms with Gasteiger partial charge >= 0.3 is 5.97 Å². The number of hydrogen-bond donors (Lipinski definition) is 1. The van der Waals surface area contributed by atoms with Crippen molar-refractivity contribution in [2.75, 3.05) is 18.2 Å². The second-order valence-corrected chi connectivity index (χ2v) is 6.98. The van der Waals surface area contributed by atoms with E-state index < -0.39 is 0 Å². The SMILES string of the molecule is CCOC(=O)Cc1csc(NC2CCC(SC)CC2)n1. The predicted molar refractivity (Wildman–Crippen MR) is 85.6 cm³/mol. The number of aromatic nitrogens is 1. The van der Waals surface area contributed by atoms with Crippen LogP contribution in [0, 0.1) is 0 Å². The molecule has 1 aliphatic rings. The number of rotatable bonds is 6. The lowest BCUT2D eigenvalue weighted by Gasteiger charge is -2.27. The molecule has 0 aliphatic heterocycles. The molecule has 4 nitrogen and oxygen atoms in total. The second kappa shape index (κ2) is 7.88. The van der Waals surface area contributed by atoms with Crippen LogP contribution in [0.25, 0.3) is 0 Å². The number of thioether (sulfide) groups is 1. The van der Waals surface area contributed by atoms with E-state index >= 15 is 0 Å². The summed E-state index contributed by atoms with van der Waals surface area (Å²) in [7, 11) is 0. The smallest absolute Gasteiger partial charge is 0.311 e. The van der Waals surface area contributed by atoms with Crippen molar-refractivity contribution in [1.29, 1.82) is 0 Å². The van der Waals surface area contributed by atoms with E-state index in [4.69, 9.17) is 4.74 Å². The van der Waals surface area contributed by atoms with E-state index in [1.807, 2.05) is 24.1 Å². The molecule has 0 unspecified atom stereocenters. The van der Waals surface area contributed by atoms with Crippen molar-refractivity contribution in [3.05, 3.63) is 11.1 Å². The maximum absolute atomic E-state index is 11.4. The summed E-state index contributed by atoms with van der Waals surface area (Å²) in [4.78, 5) is 15.9. The third-order valence-corrected chi connectivity index (χ3v) is 5.48. The lowest BCUT2D eigenvalue weighted by atomic mass is 9.95. The number of nitrogens with one attached hydrogen (secondary N) is 1.